The standard InChI is InChI=1S/C22H22N4O2S/c1-13-8-14(2)10-17(9-13)26-12-16(11-19(26)27)21-24-25-22(29-21)23-20(28)18-7-5-4-6-15(18)3/h4-10,16H,11-12H2,1-3H3,(H,23,25,28). The van der Waals surface area contributed by atoms with Crippen molar-refractivity contribution < 1.29 is 9.59 Å². The Kier molecular flexibility index (Phi) is 5.15. The van der Waals surface area contributed by atoms with E-state index in [0.717, 1.165) is 27.4 Å². The smallest absolute Gasteiger partial charge is 0.257 e. The quantitative estimate of drug-likeness (QED) is 0.703. The number of hydrogen-bond acceptors (Lipinski definition) is 5. The second kappa shape index (κ2) is 7.75. The largest absolute Gasteiger partial charge is 0.312 e. The molecule has 1 N–H and O–H groups in total. The third-order valence-electron chi connectivity index (χ3n) is 5.04. The summed E-state index contributed by atoms with van der Waals surface area (Å²) >= 11 is 1.33. The summed E-state index contributed by atoms with van der Waals surface area (Å²) in [5, 5.41) is 12.4. The van der Waals surface area contributed by atoms with Crippen LogP contribution in [0.3, 0.4) is 0 Å². The lowest BCUT2D eigenvalue weighted by Gasteiger charge is -2.17. The highest BCUT2D eigenvalue weighted by Crippen LogP contribution is 2.35. The first kappa shape index (κ1) is 19.3. The number of aromatic nitrogens is 2. The summed E-state index contributed by atoms with van der Waals surface area (Å²) in [6.07, 6.45) is 0.396. The predicted molar refractivity (Wildman–Crippen MR) is 115 cm³/mol. The molecule has 3 aromatic rings. The van der Waals surface area contributed by atoms with Crippen molar-refractivity contribution in [2.75, 3.05) is 16.8 Å². The van der Waals surface area contributed by atoms with Crippen LogP contribution in [-0.4, -0.2) is 28.6 Å². The van der Waals surface area contributed by atoms with Crippen LogP contribution in [0.5, 0.6) is 0 Å². The molecule has 2 amide bonds. The Morgan fingerprint density at radius 1 is 1.10 bits per heavy atom. The minimum absolute atomic E-state index is 0.0232. The molecule has 7 heteroatoms. The van der Waals surface area contributed by atoms with Gasteiger partial charge in [0.15, 0.2) is 0 Å². The van der Waals surface area contributed by atoms with Crippen LogP contribution in [0.1, 0.15) is 44.4 Å². The topological polar surface area (TPSA) is 75.2 Å². The Bertz CT molecular complexity index is 1070. The van der Waals surface area contributed by atoms with E-state index in [2.05, 4.69) is 21.6 Å². The molecule has 0 aliphatic carbocycles. The number of carbonyl (C=O) groups is 2. The van der Waals surface area contributed by atoms with Crippen molar-refractivity contribution in [3.8, 4) is 0 Å². The minimum atomic E-state index is -0.204. The highest BCUT2D eigenvalue weighted by Gasteiger charge is 2.34. The molecule has 2 heterocycles. The SMILES string of the molecule is Cc1cc(C)cc(N2CC(c3nnc(NC(=O)c4ccccc4C)s3)CC2=O)c1. The maximum absolute atomic E-state index is 12.6. The van der Waals surface area contributed by atoms with Crippen LogP contribution in [0.4, 0.5) is 10.8 Å². The highest BCUT2D eigenvalue weighted by molar-refractivity contribution is 7.15. The van der Waals surface area contributed by atoms with Gasteiger partial charge in [-0.25, -0.2) is 0 Å². The van der Waals surface area contributed by atoms with Crippen LogP contribution >= 0.6 is 11.3 Å². The van der Waals surface area contributed by atoms with E-state index in [-0.39, 0.29) is 17.7 Å². The lowest BCUT2D eigenvalue weighted by molar-refractivity contribution is -0.117. The molecule has 0 saturated carbocycles. The van der Waals surface area contributed by atoms with Gasteiger partial charge in [0, 0.05) is 30.1 Å². The Balaban J connectivity index is 1.48. The maximum atomic E-state index is 12.6. The Labute approximate surface area is 173 Å². The van der Waals surface area contributed by atoms with Crippen molar-refractivity contribution in [3.63, 3.8) is 0 Å². The second-order valence-corrected chi connectivity index (χ2v) is 8.47. The molecule has 29 heavy (non-hydrogen) atoms. The summed E-state index contributed by atoms with van der Waals surface area (Å²) in [4.78, 5) is 26.9. The van der Waals surface area contributed by atoms with Gasteiger partial charge in [-0.3, -0.25) is 14.9 Å². The second-order valence-electron chi connectivity index (χ2n) is 7.47. The molecule has 1 aliphatic rings. The minimum Gasteiger partial charge on any atom is -0.312 e. The molecule has 0 spiro atoms. The van der Waals surface area contributed by atoms with Gasteiger partial charge in [0.2, 0.25) is 11.0 Å². The number of hydrogen-bond donors (Lipinski definition) is 1. The van der Waals surface area contributed by atoms with Crippen LogP contribution in [-0.2, 0) is 4.79 Å². The van der Waals surface area contributed by atoms with Crippen LogP contribution in [0.15, 0.2) is 42.5 Å². The summed E-state index contributed by atoms with van der Waals surface area (Å²) in [7, 11) is 0. The highest BCUT2D eigenvalue weighted by atomic mass is 32.1. The Morgan fingerprint density at radius 3 is 2.55 bits per heavy atom. The number of amides is 2. The lowest BCUT2D eigenvalue weighted by Crippen LogP contribution is -2.24. The van der Waals surface area contributed by atoms with E-state index in [1.54, 1.807) is 6.07 Å². The molecule has 1 saturated heterocycles. The molecular formula is C22H22N4O2S. The van der Waals surface area contributed by atoms with E-state index in [1.807, 2.05) is 56.0 Å². The summed E-state index contributed by atoms with van der Waals surface area (Å²) in [6.45, 7) is 6.53. The number of anilines is 2. The fraction of sp³-hybridized carbons (Fsp3) is 0.273. The van der Waals surface area contributed by atoms with Crippen LogP contribution in [0, 0.1) is 20.8 Å². The van der Waals surface area contributed by atoms with E-state index in [9.17, 15) is 9.59 Å². The zero-order valence-electron chi connectivity index (χ0n) is 16.6. The van der Waals surface area contributed by atoms with Gasteiger partial charge in [-0.15, -0.1) is 10.2 Å². The molecule has 4 rings (SSSR count). The van der Waals surface area contributed by atoms with Gasteiger partial charge in [-0.1, -0.05) is 35.6 Å². The van der Waals surface area contributed by atoms with E-state index >= 15 is 0 Å². The van der Waals surface area contributed by atoms with Crippen molar-refractivity contribution in [1.29, 1.82) is 0 Å². The van der Waals surface area contributed by atoms with Gasteiger partial charge < -0.3 is 4.90 Å². The number of nitrogens with zero attached hydrogens (tertiary/aromatic N) is 3. The van der Waals surface area contributed by atoms with Crippen molar-refractivity contribution in [3.05, 3.63) is 69.7 Å². The number of carbonyl (C=O) groups excluding carboxylic acids is 2. The zero-order chi connectivity index (χ0) is 20.5. The van der Waals surface area contributed by atoms with E-state index in [1.165, 1.54) is 11.3 Å². The number of nitrogens with one attached hydrogen (secondary N) is 1. The number of rotatable bonds is 4. The molecule has 1 aromatic heterocycles. The fourth-order valence-corrected chi connectivity index (χ4v) is 4.50. The first-order chi connectivity index (χ1) is 13.9. The summed E-state index contributed by atoms with van der Waals surface area (Å²) in [5.74, 6) is -0.143. The Morgan fingerprint density at radius 2 is 1.83 bits per heavy atom. The van der Waals surface area contributed by atoms with Gasteiger partial charge in [-0.2, -0.15) is 0 Å². The molecule has 1 atom stereocenters. The maximum Gasteiger partial charge on any atom is 0.257 e. The summed E-state index contributed by atoms with van der Waals surface area (Å²) in [5.41, 5.74) is 4.70. The predicted octanol–water partition coefficient (Wildman–Crippen LogP) is 4.24. The van der Waals surface area contributed by atoms with Crippen molar-refractivity contribution in [1.82, 2.24) is 10.2 Å². The molecule has 0 bridgehead atoms. The number of benzene rings is 2. The molecule has 1 unspecified atom stereocenters. The molecule has 1 fully saturated rings. The van der Waals surface area contributed by atoms with Crippen LogP contribution in [0.2, 0.25) is 0 Å². The normalized spacial score (nSPS) is 16.3. The summed E-state index contributed by atoms with van der Waals surface area (Å²) in [6, 6.07) is 13.6. The van der Waals surface area contributed by atoms with Gasteiger partial charge in [0.05, 0.1) is 0 Å². The van der Waals surface area contributed by atoms with Crippen LogP contribution < -0.4 is 10.2 Å². The first-order valence-corrected chi connectivity index (χ1v) is 10.3. The Hall–Kier alpha value is -3.06. The van der Waals surface area contributed by atoms with E-state index in [0.29, 0.717) is 23.7 Å². The number of aryl methyl sites for hydroxylation is 3. The van der Waals surface area contributed by atoms with Crippen LogP contribution in [0.25, 0.3) is 0 Å². The summed E-state index contributed by atoms with van der Waals surface area (Å²) < 4.78 is 0. The molecular weight excluding hydrogens is 384 g/mol. The van der Waals surface area contributed by atoms with Crippen molar-refractivity contribution >= 4 is 34.0 Å². The molecule has 6 nitrogen and oxygen atoms in total. The van der Waals surface area contributed by atoms with E-state index < -0.39 is 0 Å². The van der Waals surface area contributed by atoms with Gasteiger partial charge >= 0.3 is 0 Å². The average molecular weight is 407 g/mol. The van der Waals surface area contributed by atoms with E-state index in [4.69, 9.17) is 0 Å². The first-order valence-electron chi connectivity index (χ1n) is 9.50. The third-order valence-corrected chi connectivity index (χ3v) is 6.04. The monoisotopic (exact) mass is 406 g/mol. The lowest BCUT2D eigenvalue weighted by atomic mass is 10.1. The zero-order valence-corrected chi connectivity index (χ0v) is 17.4. The molecule has 148 valence electrons. The van der Waals surface area contributed by atoms with Gasteiger partial charge in [0.25, 0.3) is 5.91 Å². The van der Waals surface area contributed by atoms with Gasteiger partial charge in [-0.05, 0) is 55.7 Å². The molecule has 2 aromatic carbocycles. The van der Waals surface area contributed by atoms with Gasteiger partial charge in [0.1, 0.15) is 5.01 Å². The van der Waals surface area contributed by atoms with Crippen molar-refractivity contribution in [2.45, 2.75) is 33.1 Å². The fourth-order valence-electron chi connectivity index (χ4n) is 3.67. The molecule has 0 radical (unpaired) electrons. The van der Waals surface area contributed by atoms with Crippen molar-refractivity contribution in [2.24, 2.45) is 0 Å². The molecule has 1 aliphatic heterocycles. The third kappa shape index (κ3) is 4.05. The average Bonchev–Trinajstić information content (AvgIpc) is 3.27.